The van der Waals surface area contributed by atoms with E-state index < -0.39 is 26.9 Å². The molecule has 9 nitrogen and oxygen atoms in total. The summed E-state index contributed by atoms with van der Waals surface area (Å²) in [4.78, 5) is 23.0. The molecule has 0 aromatic heterocycles. The number of non-ortho nitro benzene ring substituents is 1. The lowest BCUT2D eigenvalue weighted by Crippen LogP contribution is -2.45. The average molecular weight is 462 g/mol. The number of halogens is 2. The third kappa shape index (κ3) is 5.28. The Balaban J connectivity index is 2.39. The second-order valence-corrected chi connectivity index (χ2v) is 8.64. The molecule has 0 bridgehead atoms. The maximum absolute atomic E-state index is 12.7. The Morgan fingerprint density at radius 1 is 1.21 bits per heavy atom. The van der Waals surface area contributed by atoms with E-state index in [2.05, 4.69) is 5.32 Å². The number of benzene rings is 2. The van der Waals surface area contributed by atoms with Gasteiger partial charge >= 0.3 is 0 Å². The molecule has 2 rings (SSSR count). The minimum absolute atomic E-state index is 0.0149. The fourth-order valence-corrected chi connectivity index (χ4v) is 4.14. The van der Waals surface area contributed by atoms with Crippen LogP contribution in [0.5, 0.6) is 5.75 Å². The summed E-state index contributed by atoms with van der Waals surface area (Å²) in [5.74, 6) is -0.408. The SMILES string of the molecule is COc1ccc(N([C@@H](C)C(=O)Nc2cc([N+](=O)[O-])ccc2Cl)S(C)(=O)=O)cc1Cl. The summed E-state index contributed by atoms with van der Waals surface area (Å²) in [7, 11) is -2.48. The summed E-state index contributed by atoms with van der Waals surface area (Å²) in [6.07, 6.45) is 0.940. The van der Waals surface area contributed by atoms with Crippen molar-refractivity contribution in [2.45, 2.75) is 13.0 Å². The van der Waals surface area contributed by atoms with Crippen molar-refractivity contribution in [3.63, 3.8) is 0 Å². The molecule has 1 atom stereocenters. The van der Waals surface area contributed by atoms with Crippen LogP contribution < -0.4 is 14.4 Å². The third-order valence-corrected chi connectivity index (χ3v) is 5.76. The fourth-order valence-electron chi connectivity index (χ4n) is 2.56. The van der Waals surface area contributed by atoms with Gasteiger partial charge in [-0.25, -0.2) is 8.42 Å². The molecule has 1 N–H and O–H groups in total. The van der Waals surface area contributed by atoms with E-state index >= 15 is 0 Å². The van der Waals surface area contributed by atoms with Crippen LogP contribution in [0.25, 0.3) is 0 Å². The fraction of sp³-hybridized carbons (Fsp3) is 0.235. The second-order valence-electron chi connectivity index (χ2n) is 5.96. The quantitative estimate of drug-likeness (QED) is 0.495. The molecular formula is C17H17Cl2N3O6S. The van der Waals surface area contributed by atoms with Crippen molar-refractivity contribution >= 4 is 56.2 Å². The number of hydrogen-bond donors (Lipinski definition) is 1. The maximum atomic E-state index is 12.7. The van der Waals surface area contributed by atoms with Gasteiger partial charge in [0, 0.05) is 12.1 Å². The smallest absolute Gasteiger partial charge is 0.271 e. The number of anilines is 2. The first-order chi connectivity index (χ1) is 13.5. The number of ether oxygens (including phenoxy) is 1. The highest BCUT2D eigenvalue weighted by Gasteiger charge is 2.30. The lowest BCUT2D eigenvalue weighted by Gasteiger charge is -2.28. The molecule has 0 unspecified atom stereocenters. The van der Waals surface area contributed by atoms with E-state index in [-0.39, 0.29) is 27.1 Å². The molecule has 0 aliphatic rings. The first kappa shape index (κ1) is 22.7. The minimum atomic E-state index is -3.89. The lowest BCUT2D eigenvalue weighted by atomic mass is 10.2. The van der Waals surface area contributed by atoms with E-state index in [1.54, 1.807) is 0 Å². The Bertz CT molecular complexity index is 1060. The number of rotatable bonds is 7. The van der Waals surface area contributed by atoms with Crippen molar-refractivity contribution in [1.29, 1.82) is 0 Å². The van der Waals surface area contributed by atoms with Crippen LogP contribution in [0.1, 0.15) is 6.92 Å². The van der Waals surface area contributed by atoms with Crippen LogP contribution in [0.2, 0.25) is 10.0 Å². The number of carbonyl (C=O) groups excluding carboxylic acids is 1. The van der Waals surface area contributed by atoms with Gasteiger partial charge in [-0.1, -0.05) is 23.2 Å². The number of nitro benzene ring substituents is 1. The van der Waals surface area contributed by atoms with Crippen LogP contribution in [0, 0.1) is 10.1 Å². The van der Waals surface area contributed by atoms with E-state index in [1.807, 2.05) is 0 Å². The first-order valence-electron chi connectivity index (χ1n) is 8.03. The average Bonchev–Trinajstić information content (AvgIpc) is 2.62. The molecule has 2 aromatic carbocycles. The summed E-state index contributed by atoms with van der Waals surface area (Å²) < 4.78 is 30.6. The predicted octanol–water partition coefficient (Wildman–Crippen LogP) is 3.70. The van der Waals surface area contributed by atoms with Crippen LogP contribution in [0.3, 0.4) is 0 Å². The molecule has 156 valence electrons. The van der Waals surface area contributed by atoms with Crippen LogP contribution in [-0.4, -0.2) is 38.7 Å². The summed E-state index contributed by atoms with van der Waals surface area (Å²) in [6, 6.07) is 6.58. The zero-order valence-corrected chi connectivity index (χ0v) is 17.9. The molecule has 0 heterocycles. The van der Waals surface area contributed by atoms with Gasteiger partial charge in [-0.05, 0) is 31.2 Å². The van der Waals surface area contributed by atoms with Crippen molar-refractivity contribution in [2.75, 3.05) is 23.0 Å². The summed E-state index contributed by atoms with van der Waals surface area (Å²) in [5, 5.41) is 13.6. The molecule has 0 saturated carbocycles. The predicted molar refractivity (Wildman–Crippen MR) is 112 cm³/mol. The Morgan fingerprint density at radius 2 is 1.86 bits per heavy atom. The van der Waals surface area contributed by atoms with Crippen LogP contribution in [0.15, 0.2) is 36.4 Å². The van der Waals surface area contributed by atoms with Gasteiger partial charge in [-0.15, -0.1) is 0 Å². The van der Waals surface area contributed by atoms with Crippen molar-refractivity contribution in [1.82, 2.24) is 0 Å². The number of methoxy groups -OCH3 is 1. The molecule has 0 aliphatic heterocycles. The van der Waals surface area contributed by atoms with Crippen molar-refractivity contribution in [3.05, 3.63) is 56.6 Å². The van der Waals surface area contributed by atoms with E-state index in [1.165, 1.54) is 44.4 Å². The highest BCUT2D eigenvalue weighted by Crippen LogP contribution is 2.32. The minimum Gasteiger partial charge on any atom is -0.495 e. The molecule has 12 heteroatoms. The van der Waals surface area contributed by atoms with E-state index in [0.717, 1.165) is 16.6 Å². The summed E-state index contributed by atoms with van der Waals surface area (Å²) in [5.41, 5.74) is -0.149. The molecule has 0 fully saturated rings. The maximum Gasteiger partial charge on any atom is 0.271 e. The largest absolute Gasteiger partial charge is 0.495 e. The Kier molecular flexibility index (Phi) is 6.93. The summed E-state index contributed by atoms with van der Waals surface area (Å²) >= 11 is 12.1. The second kappa shape index (κ2) is 8.85. The monoisotopic (exact) mass is 461 g/mol. The van der Waals surface area contributed by atoms with Gasteiger partial charge in [0.1, 0.15) is 11.8 Å². The molecule has 2 aromatic rings. The summed E-state index contributed by atoms with van der Waals surface area (Å²) in [6.45, 7) is 1.36. The lowest BCUT2D eigenvalue weighted by molar-refractivity contribution is -0.384. The standard InChI is InChI=1S/C17H17Cl2N3O6S/c1-10(17(23)20-15-9-12(22(24)25)4-6-13(15)18)21(29(3,26)27)11-5-7-16(28-2)14(19)8-11/h4-10H,1-3H3,(H,20,23)/t10-/m0/s1. The van der Waals surface area contributed by atoms with Crippen LogP contribution in [-0.2, 0) is 14.8 Å². The Labute approximate surface area is 177 Å². The molecular weight excluding hydrogens is 445 g/mol. The molecule has 0 radical (unpaired) electrons. The van der Waals surface area contributed by atoms with Gasteiger partial charge in [0.25, 0.3) is 5.69 Å². The van der Waals surface area contributed by atoms with Gasteiger partial charge in [-0.2, -0.15) is 0 Å². The van der Waals surface area contributed by atoms with Crippen molar-refractivity contribution in [3.8, 4) is 5.75 Å². The number of nitrogens with one attached hydrogen (secondary N) is 1. The van der Waals surface area contributed by atoms with E-state index in [0.29, 0.717) is 5.75 Å². The highest BCUT2D eigenvalue weighted by molar-refractivity contribution is 7.92. The van der Waals surface area contributed by atoms with Crippen LogP contribution >= 0.6 is 23.2 Å². The van der Waals surface area contributed by atoms with Crippen molar-refractivity contribution < 1.29 is 22.9 Å². The number of carbonyl (C=O) groups is 1. The zero-order chi connectivity index (χ0) is 21.9. The Hall–Kier alpha value is -2.56. The number of sulfonamides is 1. The van der Waals surface area contributed by atoms with Gasteiger partial charge < -0.3 is 10.1 Å². The van der Waals surface area contributed by atoms with Crippen LogP contribution in [0.4, 0.5) is 17.1 Å². The van der Waals surface area contributed by atoms with Crippen molar-refractivity contribution in [2.24, 2.45) is 0 Å². The van der Waals surface area contributed by atoms with Gasteiger partial charge in [0.15, 0.2) is 0 Å². The molecule has 0 aliphatic carbocycles. The number of hydrogen-bond acceptors (Lipinski definition) is 6. The number of amides is 1. The first-order valence-corrected chi connectivity index (χ1v) is 10.6. The zero-order valence-electron chi connectivity index (χ0n) is 15.5. The highest BCUT2D eigenvalue weighted by atomic mass is 35.5. The topological polar surface area (TPSA) is 119 Å². The Morgan fingerprint density at radius 3 is 2.38 bits per heavy atom. The van der Waals surface area contributed by atoms with Gasteiger partial charge in [0.2, 0.25) is 15.9 Å². The third-order valence-electron chi connectivity index (χ3n) is 3.90. The normalized spacial score (nSPS) is 12.2. The molecule has 0 saturated heterocycles. The van der Waals surface area contributed by atoms with E-state index in [9.17, 15) is 23.3 Å². The molecule has 0 spiro atoms. The van der Waals surface area contributed by atoms with Gasteiger partial charge in [-0.3, -0.25) is 19.2 Å². The van der Waals surface area contributed by atoms with Gasteiger partial charge in [0.05, 0.1) is 39.7 Å². The number of nitrogens with zero attached hydrogens (tertiary/aromatic N) is 2. The van der Waals surface area contributed by atoms with E-state index in [4.69, 9.17) is 27.9 Å². The molecule has 1 amide bonds. The number of nitro groups is 1. The molecule has 29 heavy (non-hydrogen) atoms.